The molecular weight excluding hydrogens is 995 g/mol. The van der Waals surface area contributed by atoms with Gasteiger partial charge in [0.25, 0.3) is 0 Å². The molecule has 0 saturated heterocycles. The third kappa shape index (κ3) is 325000. The van der Waals surface area contributed by atoms with Crippen molar-refractivity contribution in [1.29, 1.82) is 0 Å². The van der Waals surface area contributed by atoms with Crippen LogP contribution < -0.4 is 60.3 Å². The fourth-order valence-corrected chi connectivity index (χ4v) is 0. The van der Waals surface area contributed by atoms with Crippen LogP contribution in [0.2, 0.25) is 0 Å². The molecule has 0 aliphatic carbocycles. The molecule has 0 aromatic heterocycles. The molecule has 0 aromatic carbocycles. The van der Waals surface area contributed by atoms with Gasteiger partial charge in [-0.15, -0.1) is 0 Å². The smallest absolute Gasteiger partial charge is 0.135 e. The highest BCUT2D eigenvalue weighted by atomic mass is 19.1. The molecule has 72 heavy (non-hydrogen) atoms. The minimum absolute atomic E-state index is 1.92. The Kier molecular flexibility index (Phi) is 204. The normalized spacial score (nSPS) is 8.25. The molecule has 0 spiro atoms. The molecular formula is C36H108B6F6O24. The maximum absolute atomic E-state index is 9.89. The summed E-state index contributed by atoms with van der Waals surface area (Å²) in [5.41, 5.74) is 0. The Morgan fingerprint density at radius 2 is 0.139 bits per heavy atom. The van der Waals surface area contributed by atoms with Crippen LogP contribution in [-0.4, -0.2) is 300 Å². The van der Waals surface area contributed by atoms with E-state index in [1.54, 1.807) is 0 Å². The fourth-order valence-electron chi connectivity index (χ4n) is 0. The summed E-state index contributed by atoms with van der Waals surface area (Å²) in [5.74, 6) is 0. The first-order valence-corrected chi connectivity index (χ1v) is 18.8. The molecule has 0 aliphatic heterocycles. The topological polar surface area (TPSA) is 309 Å². The Morgan fingerprint density at radius 1 is 0.139 bits per heavy atom. The molecule has 0 saturated carbocycles. The van der Waals surface area contributed by atoms with Crippen LogP contribution in [0.15, 0.2) is 0 Å². The highest BCUT2D eigenvalue weighted by molar-refractivity contribution is 6.28. The van der Waals surface area contributed by atoms with Crippen molar-refractivity contribution in [3.05, 3.63) is 0 Å². The van der Waals surface area contributed by atoms with Gasteiger partial charge in [-0.3, -0.25) is 0 Å². The van der Waals surface area contributed by atoms with Gasteiger partial charge in [0.15, 0.2) is 0 Å². The van der Waals surface area contributed by atoms with Crippen molar-refractivity contribution in [1.82, 2.24) is 0 Å². The van der Waals surface area contributed by atoms with E-state index in [9.17, 15) is 25.9 Å². The molecule has 0 radical (unpaired) electrons. The molecule has 0 rings (SSSR count). The van der Waals surface area contributed by atoms with Crippen molar-refractivity contribution in [3.8, 4) is 0 Å². The van der Waals surface area contributed by atoms with Crippen LogP contribution in [0.5, 0.6) is 0 Å². The zero-order chi connectivity index (χ0) is 64.4. The van der Waals surface area contributed by atoms with E-state index in [0.717, 1.165) is 0 Å². The number of hydrogen-bond donors (Lipinski definition) is 0. The molecule has 0 N–H and O–H groups in total. The van der Waals surface area contributed by atoms with Crippen LogP contribution in [0.4, 0.5) is 25.9 Å². The fraction of sp³-hybridized carbons (Fsp3) is 1.00. The number of halogens is 6. The van der Waals surface area contributed by atoms with Crippen molar-refractivity contribution in [2.24, 2.45) is 0 Å². The van der Waals surface area contributed by atoms with E-state index in [1.807, 2.05) is 256 Å². The van der Waals surface area contributed by atoms with E-state index >= 15 is 0 Å². The Balaban J connectivity index is -0.0000000268. The predicted octanol–water partition coefficient (Wildman–Crippen LogP) is -8.89. The zero-order valence-corrected chi connectivity index (χ0v) is 51.5. The van der Waals surface area contributed by atoms with Gasteiger partial charge < -0.3 is 139 Å². The number of hydrogen-bond acceptors (Lipinski definition) is 12. The molecule has 24 nitrogen and oxygen atoms in total. The molecule has 0 aromatic rings. The summed E-state index contributed by atoms with van der Waals surface area (Å²) in [5, 5.41) is 99.7. The van der Waals surface area contributed by atoms with Gasteiger partial charge in [0.05, 0.1) is 0 Å². The largest absolute Gasteiger partial charge is 0.867 e. The van der Waals surface area contributed by atoms with Crippen LogP contribution in [-0.2, 0) is 52.4 Å². The highest BCUT2D eigenvalue weighted by Gasteiger charge is 1.66. The van der Waals surface area contributed by atoms with Gasteiger partial charge >= 0.3 is 0 Å². The molecule has 456 valence electrons. The lowest BCUT2D eigenvalue weighted by atomic mass is 10.3. The molecule has 0 bridgehead atoms. The first-order chi connectivity index (χ1) is 31.2. The summed E-state index contributed by atoms with van der Waals surface area (Å²) >= 11 is 0. The highest BCUT2D eigenvalue weighted by Crippen LogP contribution is 1.64. The summed E-state index contributed by atoms with van der Waals surface area (Å²) in [6.45, 7) is 0. The summed E-state index contributed by atoms with van der Waals surface area (Å²) in [6, 6.07) is 0. The maximum atomic E-state index is 9.89. The second kappa shape index (κ2) is 119. The Bertz CT molecular complexity index is 428. The summed E-state index contributed by atoms with van der Waals surface area (Å²) in [7, 11) is 50.0. The standard InChI is InChI=1S/12C3H9O.6BFO2/c12*1-4(2)3;6*2-1(3)4/h12*1-3H3;;;;;;/q12*+1;6*-2. The molecule has 36 heteroatoms. The van der Waals surface area contributed by atoms with Gasteiger partial charge in [0.2, 0.25) is 0 Å². The van der Waals surface area contributed by atoms with E-state index in [4.69, 9.17) is 60.3 Å². The Hall–Kier alpha value is -0.990. The molecule has 0 amide bonds. The van der Waals surface area contributed by atoms with Gasteiger partial charge in [-0.1, -0.05) is 0 Å². The summed E-state index contributed by atoms with van der Waals surface area (Å²) < 4.78 is 90.3. The molecule has 0 unspecified atom stereocenters. The van der Waals surface area contributed by atoms with Crippen LogP contribution in [0, 0.1) is 0 Å². The summed E-state index contributed by atoms with van der Waals surface area (Å²) in [4.78, 5) is 0. The SMILES string of the molecule is C[O+](C)C.C[O+](C)C.C[O+](C)C.C[O+](C)C.C[O+](C)C.C[O+](C)C.C[O+](C)C.C[O+](C)C.C[O+](C)C.C[O+](C)C.C[O+](C)C.C[O+](C)C.[O-]B([O-])F.[O-]B([O-])F.[O-]B([O-])F.[O-]B([O-])F.[O-]B([O-])F.[O-]B([O-])F. The van der Waals surface area contributed by atoms with E-state index in [1.165, 1.54) is 0 Å². The lowest BCUT2D eigenvalue weighted by Gasteiger charge is -2.09. The molecule has 0 aliphatic rings. The molecule has 0 heterocycles. The summed E-state index contributed by atoms with van der Waals surface area (Å²) in [6.07, 6.45) is 0. The van der Waals surface area contributed by atoms with E-state index < -0.39 is 44.4 Å². The van der Waals surface area contributed by atoms with Gasteiger partial charge in [0.1, 0.15) is 300 Å². The minimum Gasteiger partial charge on any atom is -0.867 e. The second-order valence-electron chi connectivity index (χ2n) is 16.3. The second-order valence-corrected chi connectivity index (χ2v) is 16.3. The van der Waals surface area contributed by atoms with Gasteiger partial charge in [-0.2, -0.15) is 0 Å². The van der Waals surface area contributed by atoms with E-state index in [0.29, 0.717) is 0 Å². The molecule has 0 fully saturated rings. The predicted molar refractivity (Wildman–Crippen MR) is 267 cm³/mol. The Labute approximate surface area is 438 Å². The third-order valence-electron chi connectivity index (χ3n) is 0. The van der Waals surface area contributed by atoms with Gasteiger partial charge in [0, 0.05) is 0 Å². The van der Waals surface area contributed by atoms with Crippen LogP contribution in [0.3, 0.4) is 0 Å². The van der Waals surface area contributed by atoms with Crippen LogP contribution in [0.25, 0.3) is 0 Å². The number of rotatable bonds is 0. The first kappa shape index (κ1) is 124. The average Bonchev–Trinajstić information content (AvgIpc) is 2.91. The van der Waals surface area contributed by atoms with Crippen molar-refractivity contribution in [2.45, 2.75) is 0 Å². The quantitative estimate of drug-likeness (QED) is 0.124. The molecule has 0 atom stereocenters. The van der Waals surface area contributed by atoms with Crippen molar-refractivity contribution >= 4 is 44.4 Å². The lowest BCUT2D eigenvalue weighted by Crippen LogP contribution is -2.39. The minimum atomic E-state index is -3.17. The maximum Gasteiger partial charge on any atom is 0.135 e. The van der Waals surface area contributed by atoms with Gasteiger partial charge in [-0.05, 0) is 0 Å². The zero-order valence-electron chi connectivity index (χ0n) is 51.5. The monoisotopic (exact) mass is 1100 g/mol. The Morgan fingerprint density at radius 3 is 0.139 bits per heavy atom. The first-order valence-electron chi connectivity index (χ1n) is 18.8. The van der Waals surface area contributed by atoms with Crippen LogP contribution in [0.1, 0.15) is 0 Å². The lowest BCUT2D eigenvalue weighted by molar-refractivity contribution is -0.368. The third-order valence-corrected chi connectivity index (χ3v) is 0. The van der Waals surface area contributed by atoms with Crippen molar-refractivity contribution < 1.29 is 139 Å². The average molecular weight is 1100 g/mol. The van der Waals surface area contributed by atoms with E-state index in [2.05, 4.69) is 52.4 Å². The van der Waals surface area contributed by atoms with Crippen molar-refractivity contribution in [2.75, 3.05) is 256 Å². The van der Waals surface area contributed by atoms with Crippen LogP contribution >= 0.6 is 0 Å². The van der Waals surface area contributed by atoms with Gasteiger partial charge in [-0.25, -0.2) is 0 Å². The van der Waals surface area contributed by atoms with Crippen molar-refractivity contribution in [3.63, 3.8) is 0 Å². The van der Waals surface area contributed by atoms with E-state index in [-0.39, 0.29) is 0 Å².